The Bertz CT molecular complexity index is 368. The molecule has 1 aliphatic carbocycles. The molecule has 0 saturated heterocycles. The van der Waals surface area contributed by atoms with E-state index in [0.29, 0.717) is 0 Å². The smallest absolute Gasteiger partial charge is 0.184 e. The zero-order valence-corrected chi connectivity index (χ0v) is 10.7. The largest absolute Gasteiger partial charge is 0.386 e. The van der Waals surface area contributed by atoms with Crippen molar-refractivity contribution >= 4 is 11.6 Å². The lowest BCUT2D eigenvalue weighted by Gasteiger charge is -2.28. The second kappa shape index (κ2) is 6.61. The van der Waals surface area contributed by atoms with Crippen LogP contribution in [0.15, 0.2) is 24.3 Å². The fourth-order valence-corrected chi connectivity index (χ4v) is 2.04. The number of rotatable bonds is 5. The number of aliphatic hydroxyl groups is 2. The summed E-state index contributed by atoms with van der Waals surface area (Å²) < 4.78 is 0. The molecule has 0 aromatic carbocycles. The third-order valence-corrected chi connectivity index (χ3v) is 3.08. The molecule has 0 amide bonds. The van der Waals surface area contributed by atoms with E-state index in [1.165, 1.54) is 13.0 Å². The van der Waals surface area contributed by atoms with Crippen LogP contribution in [-0.2, 0) is 9.59 Å². The normalized spacial score (nSPS) is 29.8. The number of hydrogen-bond acceptors (Lipinski definition) is 4. The monoisotopic (exact) mass is 252 g/mol. The van der Waals surface area contributed by atoms with E-state index in [2.05, 4.69) is 0 Å². The summed E-state index contributed by atoms with van der Waals surface area (Å²) in [5.74, 6) is -2.18. The summed E-state index contributed by atoms with van der Waals surface area (Å²) in [5.41, 5.74) is 0. The lowest BCUT2D eigenvalue weighted by Crippen LogP contribution is -2.44. The minimum absolute atomic E-state index is 0.327. The fourth-order valence-electron chi connectivity index (χ4n) is 2.04. The van der Waals surface area contributed by atoms with Crippen molar-refractivity contribution in [1.29, 1.82) is 0 Å². The number of aliphatic hydroxyl groups excluding tert-OH is 2. The van der Waals surface area contributed by atoms with Gasteiger partial charge in [-0.2, -0.15) is 0 Å². The van der Waals surface area contributed by atoms with E-state index in [1.54, 1.807) is 6.08 Å². The minimum Gasteiger partial charge on any atom is -0.386 e. The summed E-state index contributed by atoms with van der Waals surface area (Å²) >= 11 is 0. The first kappa shape index (κ1) is 14.8. The molecule has 0 aromatic rings. The molecule has 4 atom stereocenters. The Morgan fingerprint density at radius 1 is 1.56 bits per heavy atom. The molecule has 0 spiro atoms. The van der Waals surface area contributed by atoms with Crippen LogP contribution in [-0.4, -0.2) is 34.0 Å². The van der Waals surface area contributed by atoms with Gasteiger partial charge in [-0.3, -0.25) is 9.59 Å². The van der Waals surface area contributed by atoms with Crippen LogP contribution in [0.5, 0.6) is 0 Å². The molecule has 1 aliphatic rings. The molecule has 0 saturated carbocycles. The molecular formula is C14H20O4. The van der Waals surface area contributed by atoms with E-state index in [0.717, 1.165) is 12.8 Å². The molecule has 4 heteroatoms. The van der Waals surface area contributed by atoms with Crippen LogP contribution in [0.4, 0.5) is 0 Å². The van der Waals surface area contributed by atoms with Crippen molar-refractivity contribution < 1.29 is 19.8 Å². The maximum Gasteiger partial charge on any atom is 0.184 e. The van der Waals surface area contributed by atoms with Gasteiger partial charge in [0.05, 0.1) is 5.92 Å². The van der Waals surface area contributed by atoms with Crippen molar-refractivity contribution in [2.45, 2.75) is 38.9 Å². The highest BCUT2D eigenvalue weighted by Crippen LogP contribution is 2.27. The molecule has 100 valence electrons. The second-order valence-electron chi connectivity index (χ2n) is 4.60. The number of allylic oxidation sites excluding steroid dienone is 3. The SMILES string of the molecule is CCC/C=C/[C@H]1C=CC(=O)[C@H](O)[C@H]1C(=O)[C@@H](C)O. The molecule has 4 nitrogen and oxygen atoms in total. The molecule has 0 aromatic heterocycles. The summed E-state index contributed by atoms with van der Waals surface area (Å²) in [6, 6.07) is 0. The fraction of sp³-hybridized carbons (Fsp3) is 0.571. The molecule has 0 bridgehead atoms. The number of ketones is 2. The number of carbonyl (C=O) groups excluding carboxylic acids is 2. The van der Waals surface area contributed by atoms with E-state index >= 15 is 0 Å². The first-order chi connectivity index (χ1) is 8.49. The highest BCUT2D eigenvalue weighted by Gasteiger charge is 2.39. The first-order valence-corrected chi connectivity index (χ1v) is 6.27. The van der Waals surface area contributed by atoms with Crippen LogP contribution in [0, 0.1) is 11.8 Å². The van der Waals surface area contributed by atoms with E-state index in [9.17, 15) is 19.8 Å². The zero-order chi connectivity index (χ0) is 13.7. The average Bonchev–Trinajstić information content (AvgIpc) is 2.33. The van der Waals surface area contributed by atoms with E-state index in [4.69, 9.17) is 0 Å². The Labute approximate surface area is 107 Å². The Hall–Kier alpha value is -1.26. The van der Waals surface area contributed by atoms with Crippen molar-refractivity contribution in [3.05, 3.63) is 24.3 Å². The van der Waals surface area contributed by atoms with E-state index < -0.39 is 29.7 Å². The maximum absolute atomic E-state index is 11.9. The lowest BCUT2D eigenvalue weighted by atomic mass is 9.77. The van der Waals surface area contributed by atoms with Gasteiger partial charge in [0, 0.05) is 5.92 Å². The van der Waals surface area contributed by atoms with Crippen molar-refractivity contribution in [2.24, 2.45) is 11.8 Å². The van der Waals surface area contributed by atoms with Gasteiger partial charge < -0.3 is 10.2 Å². The van der Waals surface area contributed by atoms with Crippen LogP contribution in [0.2, 0.25) is 0 Å². The summed E-state index contributed by atoms with van der Waals surface area (Å²) in [6.07, 6.45) is 6.01. The topological polar surface area (TPSA) is 74.6 Å². The van der Waals surface area contributed by atoms with Crippen LogP contribution < -0.4 is 0 Å². The first-order valence-electron chi connectivity index (χ1n) is 6.27. The molecule has 0 heterocycles. The van der Waals surface area contributed by atoms with Gasteiger partial charge in [-0.1, -0.05) is 31.6 Å². The van der Waals surface area contributed by atoms with Gasteiger partial charge in [0.15, 0.2) is 11.6 Å². The molecule has 2 N–H and O–H groups in total. The van der Waals surface area contributed by atoms with Crippen LogP contribution in [0.3, 0.4) is 0 Å². The number of hydrogen-bond donors (Lipinski definition) is 2. The van der Waals surface area contributed by atoms with Gasteiger partial charge in [0.2, 0.25) is 0 Å². The Morgan fingerprint density at radius 2 is 2.22 bits per heavy atom. The highest BCUT2D eigenvalue weighted by atomic mass is 16.3. The van der Waals surface area contributed by atoms with Gasteiger partial charge in [0.25, 0.3) is 0 Å². The third-order valence-electron chi connectivity index (χ3n) is 3.08. The lowest BCUT2D eigenvalue weighted by molar-refractivity contribution is -0.141. The number of Topliss-reactive ketones (excluding diaryl/α,β-unsaturated/α-hetero) is 1. The predicted octanol–water partition coefficient (Wildman–Crippen LogP) is 1.02. The van der Waals surface area contributed by atoms with Crippen LogP contribution in [0.1, 0.15) is 26.7 Å². The van der Waals surface area contributed by atoms with Crippen molar-refractivity contribution in [3.63, 3.8) is 0 Å². The van der Waals surface area contributed by atoms with Gasteiger partial charge >= 0.3 is 0 Å². The zero-order valence-electron chi connectivity index (χ0n) is 10.7. The number of carbonyl (C=O) groups is 2. The Kier molecular flexibility index (Phi) is 5.44. The molecule has 18 heavy (non-hydrogen) atoms. The molecular weight excluding hydrogens is 232 g/mol. The van der Waals surface area contributed by atoms with Gasteiger partial charge in [-0.25, -0.2) is 0 Å². The van der Waals surface area contributed by atoms with Gasteiger partial charge in [-0.05, 0) is 19.4 Å². The quantitative estimate of drug-likeness (QED) is 0.716. The third kappa shape index (κ3) is 3.37. The average molecular weight is 252 g/mol. The minimum atomic E-state index is -1.35. The van der Waals surface area contributed by atoms with Crippen molar-refractivity contribution in [2.75, 3.05) is 0 Å². The number of unbranched alkanes of at least 4 members (excludes halogenated alkanes) is 1. The summed E-state index contributed by atoms with van der Waals surface area (Å²) in [7, 11) is 0. The van der Waals surface area contributed by atoms with Crippen LogP contribution >= 0.6 is 0 Å². The van der Waals surface area contributed by atoms with Gasteiger partial charge in [0.1, 0.15) is 12.2 Å². The molecule has 0 unspecified atom stereocenters. The summed E-state index contributed by atoms with van der Waals surface area (Å²) in [4.78, 5) is 23.3. The van der Waals surface area contributed by atoms with E-state index in [-0.39, 0.29) is 5.92 Å². The standard InChI is InChI=1S/C14H20O4/c1-3-4-5-6-10-7-8-11(16)14(18)12(10)13(17)9(2)15/h5-10,12,14-15,18H,3-4H2,1-2H3/b6-5+/t9-,10+,12-,14+/m1/s1. The Balaban J connectivity index is 2.94. The maximum atomic E-state index is 11.9. The second-order valence-corrected chi connectivity index (χ2v) is 4.60. The van der Waals surface area contributed by atoms with Crippen molar-refractivity contribution in [3.8, 4) is 0 Å². The van der Waals surface area contributed by atoms with Crippen molar-refractivity contribution in [1.82, 2.24) is 0 Å². The van der Waals surface area contributed by atoms with E-state index in [1.807, 2.05) is 19.1 Å². The molecule has 1 rings (SSSR count). The highest BCUT2D eigenvalue weighted by molar-refractivity contribution is 6.00. The molecule has 0 fully saturated rings. The van der Waals surface area contributed by atoms with Gasteiger partial charge in [-0.15, -0.1) is 0 Å². The summed E-state index contributed by atoms with van der Waals surface area (Å²) in [6.45, 7) is 3.39. The predicted molar refractivity (Wildman–Crippen MR) is 67.9 cm³/mol. The van der Waals surface area contributed by atoms with Crippen LogP contribution in [0.25, 0.3) is 0 Å². The molecule has 0 radical (unpaired) electrons. The Morgan fingerprint density at radius 3 is 2.78 bits per heavy atom. The summed E-state index contributed by atoms with van der Waals surface area (Å²) in [5, 5.41) is 19.2. The molecule has 0 aliphatic heterocycles.